The van der Waals surface area contributed by atoms with Gasteiger partial charge in [0.1, 0.15) is 6.07 Å². The highest BCUT2D eigenvalue weighted by Crippen LogP contribution is 2.45. The first-order valence-electron chi connectivity index (χ1n) is 9.24. The Hall–Kier alpha value is -2.80. The Morgan fingerprint density at radius 2 is 1.87 bits per heavy atom. The molecule has 2 N–H and O–H groups in total. The molecule has 2 heterocycles. The Labute approximate surface area is 196 Å². The first-order valence-corrected chi connectivity index (χ1v) is 10.8. The fraction of sp³-hybridized carbons (Fsp3) is 0.182. The van der Waals surface area contributed by atoms with Crippen LogP contribution in [0.15, 0.2) is 50.9 Å². The third kappa shape index (κ3) is 3.61. The Bertz CT molecular complexity index is 1240. The molecule has 1 aliphatic rings. The van der Waals surface area contributed by atoms with Gasteiger partial charge in [-0.2, -0.15) is 10.4 Å². The quantitative estimate of drug-likeness (QED) is 0.509. The van der Waals surface area contributed by atoms with Gasteiger partial charge in [0.05, 0.1) is 41.2 Å². The van der Waals surface area contributed by atoms with Gasteiger partial charge in [-0.15, -0.1) is 0 Å². The normalized spacial score (nSPS) is 15.2. The SMILES string of the molecule is COc1cc(C2=C(C#N)C(N)Oc3c2c(C)nn3-c2ccc(Br)cc2)cc(Br)c1OC. The van der Waals surface area contributed by atoms with Gasteiger partial charge in [0.15, 0.2) is 17.7 Å². The maximum absolute atomic E-state index is 9.89. The highest BCUT2D eigenvalue weighted by Gasteiger charge is 2.34. The average Bonchev–Trinajstić information content (AvgIpc) is 3.08. The lowest BCUT2D eigenvalue weighted by Crippen LogP contribution is -2.33. The number of rotatable bonds is 4. The molecular weight excluding hydrogens is 528 g/mol. The van der Waals surface area contributed by atoms with E-state index < -0.39 is 6.23 Å². The summed E-state index contributed by atoms with van der Waals surface area (Å²) in [5.41, 5.74) is 10.2. The van der Waals surface area contributed by atoms with E-state index in [0.717, 1.165) is 15.7 Å². The Kier molecular flexibility index (Phi) is 5.79. The molecule has 0 fully saturated rings. The number of fused-ring (bicyclic) bond motifs is 1. The number of methoxy groups -OCH3 is 2. The first-order chi connectivity index (χ1) is 14.9. The van der Waals surface area contributed by atoms with Crippen LogP contribution in [0.1, 0.15) is 16.8 Å². The van der Waals surface area contributed by atoms with Gasteiger partial charge >= 0.3 is 0 Å². The van der Waals surface area contributed by atoms with Crippen LogP contribution in [0, 0.1) is 18.3 Å². The maximum Gasteiger partial charge on any atom is 0.226 e. The molecule has 7 nitrogen and oxygen atoms in total. The minimum Gasteiger partial charge on any atom is -0.493 e. The number of benzene rings is 2. The standard InChI is InChI=1S/C22H18Br2N4O3/c1-11-18-19(12-8-16(24)20(30-3)17(9-12)29-2)15(10-25)21(26)31-22(18)28(27-11)14-6-4-13(23)5-7-14/h4-9,21H,26H2,1-3H3. The van der Waals surface area contributed by atoms with E-state index in [4.69, 9.17) is 19.9 Å². The van der Waals surface area contributed by atoms with Crippen molar-refractivity contribution in [2.75, 3.05) is 14.2 Å². The summed E-state index contributed by atoms with van der Waals surface area (Å²) in [4.78, 5) is 0. The fourth-order valence-corrected chi connectivity index (χ4v) is 4.47. The smallest absolute Gasteiger partial charge is 0.226 e. The topological polar surface area (TPSA) is 95.3 Å². The minimum atomic E-state index is -0.940. The predicted molar refractivity (Wildman–Crippen MR) is 123 cm³/mol. The zero-order valence-electron chi connectivity index (χ0n) is 16.9. The van der Waals surface area contributed by atoms with Gasteiger partial charge in [-0.3, -0.25) is 5.73 Å². The largest absolute Gasteiger partial charge is 0.493 e. The number of hydrogen-bond acceptors (Lipinski definition) is 6. The summed E-state index contributed by atoms with van der Waals surface area (Å²) >= 11 is 6.98. The molecule has 31 heavy (non-hydrogen) atoms. The Morgan fingerprint density at radius 1 is 1.16 bits per heavy atom. The number of aromatic nitrogens is 2. The molecule has 0 spiro atoms. The summed E-state index contributed by atoms with van der Waals surface area (Å²) in [7, 11) is 3.13. The van der Waals surface area contributed by atoms with Gasteiger partial charge in [-0.25, -0.2) is 4.68 Å². The molecule has 158 valence electrons. The van der Waals surface area contributed by atoms with Crippen LogP contribution in [0.25, 0.3) is 11.3 Å². The fourth-order valence-electron chi connectivity index (χ4n) is 3.60. The van der Waals surface area contributed by atoms with Gasteiger partial charge in [0, 0.05) is 10.0 Å². The average molecular weight is 546 g/mol. The summed E-state index contributed by atoms with van der Waals surface area (Å²) in [5.74, 6) is 1.56. The van der Waals surface area contributed by atoms with Crippen LogP contribution in [-0.2, 0) is 0 Å². The van der Waals surface area contributed by atoms with Crippen molar-refractivity contribution in [3.8, 4) is 29.1 Å². The van der Waals surface area contributed by atoms with Crippen LogP contribution < -0.4 is 19.9 Å². The molecule has 1 aliphatic heterocycles. The Balaban J connectivity index is 1.99. The molecule has 2 aromatic carbocycles. The molecule has 9 heteroatoms. The number of nitrogens with zero attached hydrogens (tertiary/aromatic N) is 3. The van der Waals surface area contributed by atoms with E-state index in [1.54, 1.807) is 18.9 Å². The summed E-state index contributed by atoms with van der Waals surface area (Å²) in [6.45, 7) is 1.87. The highest BCUT2D eigenvalue weighted by atomic mass is 79.9. The van der Waals surface area contributed by atoms with E-state index in [2.05, 4.69) is 43.0 Å². The van der Waals surface area contributed by atoms with Crippen LogP contribution >= 0.6 is 31.9 Å². The third-order valence-electron chi connectivity index (χ3n) is 4.97. The second kappa shape index (κ2) is 8.38. The number of hydrogen-bond donors (Lipinski definition) is 1. The lowest BCUT2D eigenvalue weighted by atomic mass is 9.91. The number of nitrogens with two attached hydrogens (primary N) is 1. The zero-order chi connectivity index (χ0) is 22.3. The first kappa shape index (κ1) is 21.4. The highest BCUT2D eigenvalue weighted by molar-refractivity contribution is 9.10. The van der Waals surface area contributed by atoms with Crippen LogP contribution in [0.3, 0.4) is 0 Å². The molecule has 0 bridgehead atoms. The van der Waals surface area contributed by atoms with Gasteiger partial charge < -0.3 is 14.2 Å². The molecule has 0 aliphatic carbocycles. The molecule has 1 atom stereocenters. The third-order valence-corrected chi connectivity index (χ3v) is 6.09. The van der Waals surface area contributed by atoms with E-state index in [1.807, 2.05) is 43.3 Å². The zero-order valence-corrected chi connectivity index (χ0v) is 20.1. The maximum atomic E-state index is 9.89. The van der Waals surface area contributed by atoms with Crippen LogP contribution in [0.2, 0.25) is 0 Å². The van der Waals surface area contributed by atoms with Crippen molar-refractivity contribution in [3.63, 3.8) is 0 Å². The van der Waals surface area contributed by atoms with Crippen molar-refractivity contribution in [2.45, 2.75) is 13.2 Å². The second-order valence-electron chi connectivity index (χ2n) is 6.79. The van der Waals surface area contributed by atoms with E-state index in [-0.39, 0.29) is 0 Å². The minimum absolute atomic E-state index is 0.310. The van der Waals surface area contributed by atoms with Gasteiger partial charge in [-0.1, -0.05) is 15.9 Å². The van der Waals surface area contributed by atoms with Crippen molar-refractivity contribution >= 4 is 37.4 Å². The van der Waals surface area contributed by atoms with Crippen LogP contribution in [-0.4, -0.2) is 30.2 Å². The van der Waals surface area contributed by atoms with E-state index in [1.165, 1.54) is 0 Å². The summed E-state index contributed by atoms with van der Waals surface area (Å²) in [5, 5.41) is 14.6. The van der Waals surface area contributed by atoms with E-state index >= 15 is 0 Å². The van der Waals surface area contributed by atoms with Gasteiger partial charge in [0.25, 0.3) is 0 Å². The lowest BCUT2D eigenvalue weighted by molar-refractivity contribution is 0.228. The molecule has 0 saturated heterocycles. The van der Waals surface area contributed by atoms with Crippen molar-refractivity contribution in [1.82, 2.24) is 9.78 Å². The summed E-state index contributed by atoms with van der Waals surface area (Å²) in [6, 6.07) is 13.6. The molecule has 0 amide bonds. The second-order valence-corrected chi connectivity index (χ2v) is 8.56. The number of ether oxygens (including phenoxy) is 3. The molecule has 0 radical (unpaired) electrons. The van der Waals surface area contributed by atoms with Crippen molar-refractivity contribution in [3.05, 3.63) is 67.7 Å². The molecular formula is C22H18Br2N4O3. The van der Waals surface area contributed by atoms with Crippen molar-refractivity contribution < 1.29 is 14.2 Å². The summed E-state index contributed by atoms with van der Waals surface area (Å²) in [6.07, 6.45) is -0.940. The van der Waals surface area contributed by atoms with Crippen molar-refractivity contribution in [1.29, 1.82) is 5.26 Å². The molecule has 3 aromatic rings. The van der Waals surface area contributed by atoms with Gasteiger partial charge in [0.2, 0.25) is 5.88 Å². The predicted octanol–water partition coefficient (Wildman–Crippen LogP) is 4.73. The Morgan fingerprint density at radius 3 is 2.48 bits per heavy atom. The lowest BCUT2D eigenvalue weighted by Gasteiger charge is -2.25. The van der Waals surface area contributed by atoms with Crippen molar-refractivity contribution in [2.24, 2.45) is 5.73 Å². The molecule has 1 unspecified atom stereocenters. The van der Waals surface area contributed by atoms with Crippen LogP contribution in [0.4, 0.5) is 0 Å². The number of nitriles is 1. The summed E-state index contributed by atoms with van der Waals surface area (Å²) < 4.78 is 20.2. The van der Waals surface area contributed by atoms with Crippen LogP contribution in [0.5, 0.6) is 17.4 Å². The molecule has 4 rings (SSSR count). The van der Waals surface area contributed by atoms with Gasteiger partial charge in [-0.05, 0) is 64.8 Å². The monoisotopic (exact) mass is 544 g/mol. The molecule has 0 saturated carbocycles. The number of aryl methyl sites for hydroxylation is 1. The van der Waals surface area contributed by atoms with E-state index in [9.17, 15) is 5.26 Å². The van der Waals surface area contributed by atoms with E-state index in [0.29, 0.717) is 44.3 Å². The molecule has 1 aromatic heterocycles. The number of halogens is 2.